The molecule has 0 spiro atoms. The van der Waals surface area contributed by atoms with Gasteiger partial charge in [-0.15, -0.1) is 0 Å². The van der Waals surface area contributed by atoms with Crippen LogP contribution in [0.4, 0.5) is 0 Å². The zero-order chi connectivity index (χ0) is 17.2. The van der Waals surface area contributed by atoms with E-state index in [0.717, 1.165) is 58.1 Å². The predicted molar refractivity (Wildman–Crippen MR) is 95.3 cm³/mol. The second-order valence-corrected chi connectivity index (χ2v) is 5.30. The van der Waals surface area contributed by atoms with Crippen molar-refractivity contribution >= 4 is 5.96 Å². The van der Waals surface area contributed by atoms with Crippen molar-refractivity contribution < 1.29 is 14.2 Å². The van der Waals surface area contributed by atoms with Gasteiger partial charge in [0, 0.05) is 60.2 Å². The molecule has 0 aromatic rings. The SMILES string of the molecule is CCNC(=NCCCOCCOC)NCCN(C)CCCOC. The monoisotopic (exact) mass is 332 g/mol. The number of methoxy groups -OCH3 is 2. The molecule has 0 atom stereocenters. The van der Waals surface area contributed by atoms with Crippen molar-refractivity contribution in [2.24, 2.45) is 4.99 Å². The van der Waals surface area contributed by atoms with E-state index in [0.29, 0.717) is 19.8 Å². The smallest absolute Gasteiger partial charge is 0.191 e. The molecule has 0 amide bonds. The molecule has 7 heteroatoms. The van der Waals surface area contributed by atoms with Gasteiger partial charge in [0.1, 0.15) is 0 Å². The summed E-state index contributed by atoms with van der Waals surface area (Å²) in [5.41, 5.74) is 0. The highest BCUT2D eigenvalue weighted by atomic mass is 16.5. The fourth-order valence-electron chi connectivity index (χ4n) is 1.90. The quantitative estimate of drug-likeness (QED) is 0.260. The van der Waals surface area contributed by atoms with Gasteiger partial charge in [-0.2, -0.15) is 0 Å². The summed E-state index contributed by atoms with van der Waals surface area (Å²) < 4.78 is 15.4. The fourth-order valence-corrected chi connectivity index (χ4v) is 1.90. The van der Waals surface area contributed by atoms with Crippen molar-refractivity contribution in [2.45, 2.75) is 19.8 Å². The highest BCUT2D eigenvalue weighted by Gasteiger charge is 2.00. The van der Waals surface area contributed by atoms with E-state index in [1.807, 2.05) is 0 Å². The van der Waals surface area contributed by atoms with Crippen LogP contribution in [0.1, 0.15) is 19.8 Å². The van der Waals surface area contributed by atoms with Crippen molar-refractivity contribution in [2.75, 3.05) is 80.4 Å². The van der Waals surface area contributed by atoms with Gasteiger partial charge in [0.2, 0.25) is 0 Å². The van der Waals surface area contributed by atoms with Crippen LogP contribution in [0.3, 0.4) is 0 Å². The Morgan fingerprint density at radius 1 is 0.957 bits per heavy atom. The minimum Gasteiger partial charge on any atom is -0.385 e. The van der Waals surface area contributed by atoms with Crippen molar-refractivity contribution in [1.29, 1.82) is 0 Å². The Hall–Kier alpha value is -0.890. The van der Waals surface area contributed by atoms with Gasteiger partial charge in [0.15, 0.2) is 5.96 Å². The summed E-state index contributed by atoms with van der Waals surface area (Å²) in [5, 5.41) is 6.62. The Morgan fingerprint density at radius 3 is 2.43 bits per heavy atom. The number of hydrogen-bond acceptors (Lipinski definition) is 5. The molecule has 23 heavy (non-hydrogen) atoms. The lowest BCUT2D eigenvalue weighted by atomic mass is 10.4. The second kappa shape index (κ2) is 17.5. The number of guanidine groups is 1. The molecule has 138 valence electrons. The molecular formula is C16H36N4O3. The summed E-state index contributed by atoms with van der Waals surface area (Å²) >= 11 is 0. The van der Waals surface area contributed by atoms with Crippen molar-refractivity contribution in [1.82, 2.24) is 15.5 Å². The molecule has 0 aliphatic carbocycles. The second-order valence-electron chi connectivity index (χ2n) is 5.30. The minimum absolute atomic E-state index is 0.644. The lowest BCUT2D eigenvalue weighted by molar-refractivity contribution is 0.0702. The first kappa shape index (κ1) is 22.1. The predicted octanol–water partition coefficient (Wildman–Crippen LogP) is 0.563. The Balaban J connectivity index is 3.76. The van der Waals surface area contributed by atoms with E-state index < -0.39 is 0 Å². The Labute approximate surface area is 141 Å². The summed E-state index contributed by atoms with van der Waals surface area (Å²) in [6, 6.07) is 0. The molecule has 0 aliphatic rings. The van der Waals surface area contributed by atoms with Crippen molar-refractivity contribution in [3.8, 4) is 0 Å². The van der Waals surface area contributed by atoms with Crippen LogP contribution in [0.25, 0.3) is 0 Å². The molecule has 0 radical (unpaired) electrons. The van der Waals surface area contributed by atoms with Crippen molar-refractivity contribution in [3.63, 3.8) is 0 Å². The zero-order valence-corrected chi connectivity index (χ0v) is 15.4. The minimum atomic E-state index is 0.644. The largest absolute Gasteiger partial charge is 0.385 e. The van der Waals surface area contributed by atoms with Gasteiger partial charge in [-0.25, -0.2) is 0 Å². The van der Waals surface area contributed by atoms with Gasteiger partial charge in [-0.3, -0.25) is 4.99 Å². The van der Waals surface area contributed by atoms with E-state index in [9.17, 15) is 0 Å². The Morgan fingerprint density at radius 2 is 1.74 bits per heavy atom. The van der Waals surface area contributed by atoms with E-state index in [4.69, 9.17) is 14.2 Å². The molecule has 0 aliphatic heterocycles. The maximum Gasteiger partial charge on any atom is 0.191 e. The van der Waals surface area contributed by atoms with Crippen LogP contribution >= 0.6 is 0 Å². The van der Waals surface area contributed by atoms with Gasteiger partial charge >= 0.3 is 0 Å². The lowest BCUT2D eigenvalue weighted by Crippen LogP contribution is -2.41. The third-order valence-corrected chi connectivity index (χ3v) is 3.17. The molecule has 0 aromatic carbocycles. The van der Waals surface area contributed by atoms with Crippen LogP contribution < -0.4 is 10.6 Å². The average molecular weight is 332 g/mol. The highest BCUT2D eigenvalue weighted by Crippen LogP contribution is 1.88. The standard InChI is InChI=1S/C16H36N4O3/c1-5-17-16(18-8-6-13-23-15-14-22-4)19-9-11-20(2)10-7-12-21-3/h5-15H2,1-4H3,(H2,17,18,19). The lowest BCUT2D eigenvalue weighted by Gasteiger charge is -2.18. The van der Waals surface area contributed by atoms with Gasteiger partial charge in [-0.1, -0.05) is 0 Å². The molecule has 0 heterocycles. The first-order valence-corrected chi connectivity index (χ1v) is 8.50. The zero-order valence-electron chi connectivity index (χ0n) is 15.4. The van der Waals surface area contributed by atoms with Crippen LogP contribution in [-0.2, 0) is 14.2 Å². The first-order chi connectivity index (χ1) is 11.2. The molecule has 0 bridgehead atoms. The fraction of sp³-hybridized carbons (Fsp3) is 0.938. The summed E-state index contributed by atoms with van der Waals surface area (Å²) in [4.78, 5) is 6.84. The molecule has 0 unspecified atom stereocenters. The van der Waals surface area contributed by atoms with E-state index in [-0.39, 0.29) is 0 Å². The molecular weight excluding hydrogens is 296 g/mol. The molecule has 2 N–H and O–H groups in total. The molecule has 0 fully saturated rings. The molecule has 0 rings (SSSR count). The molecule has 7 nitrogen and oxygen atoms in total. The van der Waals surface area contributed by atoms with E-state index in [1.165, 1.54) is 0 Å². The maximum absolute atomic E-state index is 5.42. The summed E-state index contributed by atoms with van der Waals surface area (Å²) in [6.45, 7) is 9.41. The third-order valence-electron chi connectivity index (χ3n) is 3.17. The van der Waals surface area contributed by atoms with Crippen LogP contribution in [0.2, 0.25) is 0 Å². The third kappa shape index (κ3) is 15.8. The number of nitrogens with zero attached hydrogens (tertiary/aromatic N) is 2. The number of nitrogens with one attached hydrogen (secondary N) is 2. The maximum atomic E-state index is 5.42. The summed E-state index contributed by atoms with van der Waals surface area (Å²) in [5.74, 6) is 0.870. The normalized spacial score (nSPS) is 12.0. The Kier molecular flexibility index (Phi) is 16.8. The van der Waals surface area contributed by atoms with Gasteiger partial charge in [0.25, 0.3) is 0 Å². The highest BCUT2D eigenvalue weighted by molar-refractivity contribution is 5.79. The summed E-state index contributed by atoms with van der Waals surface area (Å²) in [6.07, 6.45) is 1.97. The van der Waals surface area contributed by atoms with Crippen LogP contribution in [0, 0.1) is 0 Å². The molecule has 0 saturated heterocycles. The van der Waals surface area contributed by atoms with Crippen LogP contribution in [0.15, 0.2) is 4.99 Å². The number of ether oxygens (including phenoxy) is 3. The first-order valence-electron chi connectivity index (χ1n) is 8.50. The van der Waals surface area contributed by atoms with Gasteiger partial charge in [0.05, 0.1) is 13.2 Å². The van der Waals surface area contributed by atoms with Gasteiger partial charge < -0.3 is 29.7 Å². The van der Waals surface area contributed by atoms with Crippen molar-refractivity contribution in [3.05, 3.63) is 0 Å². The average Bonchev–Trinajstić information content (AvgIpc) is 2.54. The topological polar surface area (TPSA) is 67.4 Å². The number of rotatable bonds is 15. The van der Waals surface area contributed by atoms with E-state index >= 15 is 0 Å². The van der Waals surface area contributed by atoms with E-state index in [2.05, 4.69) is 34.5 Å². The van der Waals surface area contributed by atoms with Gasteiger partial charge in [-0.05, 0) is 26.8 Å². The number of hydrogen-bond donors (Lipinski definition) is 2. The van der Waals surface area contributed by atoms with Crippen LogP contribution in [0.5, 0.6) is 0 Å². The van der Waals surface area contributed by atoms with Crippen LogP contribution in [-0.4, -0.2) is 91.3 Å². The molecule has 0 saturated carbocycles. The van der Waals surface area contributed by atoms with E-state index in [1.54, 1.807) is 14.2 Å². The number of aliphatic imine (C=N–C) groups is 1. The summed E-state index contributed by atoms with van der Waals surface area (Å²) in [7, 11) is 5.54. The Bertz CT molecular complexity index is 278. The number of likely N-dealkylation sites (N-methyl/N-ethyl adjacent to an activating group) is 1. The molecule has 0 aromatic heterocycles.